The van der Waals surface area contributed by atoms with Crippen molar-refractivity contribution < 1.29 is 9.90 Å². The minimum absolute atomic E-state index is 0.730. The van der Waals surface area contributed by atoms with E-state index in [4.69, 9.17) is 5.11 Å². The van der Waals surface area contributed by atoms with Crippen molar-refractivity contribution in [2.24, 2.45) is 0 Å². The van der Waals surface area contributed by atoms with Crippen LogP contribution in [-0.4, -0.2) is 20.5 Å². The molecule has 0 saturated heterocycles. The number of pyridine rings is 1. The standard InChI is InChI=1S/C10H7BrN2O2/c11-7-1-3-9-12-5-8(13(9)6-7)2-4-10(14)15/h1-6H,(H,14,15). The van der Waals surface area contributed by atoms with E-state index in [1.807, 2.05) is 22.7 Å². The highest BCUT2D eigenvalue weighted by Crippen LogP contribution is 2.14. The summed E-state index contributed by atoms with van der Waals surface area (Å²) in [5, 5.41) is 8.51. The lowest BCUT2D eigenvalue weighted by atomic mass is 10.4. The van der Waals surface area contributed by atoms with E-state index in [-0.39, 0.29) is 0 Å². The Morgan fingerprint density at radius 1 is 1.53 bits per heavy atom. The molecular weight excluding hydrogens is 260 g/mol. The van der Waals surface area contributed by atoms with Crippen LogP contribution in [0.4, 0.5) is 0 Å². The second-order valence-electron chi connectivity index (χ2n) is 2.93. The van der Waals surface area contributed by atoms with Crippen LogP contribution in [0.15, 0.2) is 35.1 Å². The lowest BCUT2D eigenvalue weighted by molar-refractivity contribution is -0.131. The lowest BCUT2D eigenvalue weighted by Gasteiger charge is -1.96. The average molecular weight is 267 g/mol. The number of aromatic nitrogens is 2. The van der Waals surface area contributed by atoms with Crippen molar-refractivity contribution in [3.05, 3.63) is 40.8 Å². The van der Waals surface area contributed by atoms with E-state index in [9.17, 15) is 4.79 Å². The van der Waals surface area contributed by atoms with Crippen LogP contribution in [0.5, 0.6) is 0 Å². The lowest BCUT2D eigenvalue weighted by Crippen LogP contribution is -1.89. The molecule has 5 heteroatoms. The van der Waals surface area contributed by atoms with E-state index in [0.29, 0.717) is 0 Å². The van der Waals surface area contributed by atoms with Gasteiger partial charge in [-0.2, -0.15) is 0 Å². The highest BCUT2D eigenvalue weighted by Gasteiger charge is 2.00. The van der Waals surface area contributed by atoms with Gasteiger partial charge in [-0.15, -0.1) is 0 Å². The highest BCUT2D eigenvalue weighted by molar-refractivity contribution is 9.10. The molecule has 0 atom stereocenters. The Balaban J connectivity index is 2.52. The van der Waals surface area contributed by atoms with Gasteiger partial charge < -0.3 is 5.11 Å². The fourth-order valence-electron chi connectivity index (χ4n) is 1.25. The van der Waals surface area contributed by atoms with Gasteiger partial charge in [-0.3, -0.25) is 4.40 Å². The van der Waals surface area contributed by atoms with E-state index < -0.39 is 5.97 Å². The van der Waals surface area contributed by atoms with Crippen LogP contribution < -0.4 is 0 Å². The van der Waals surface area contributed by atoms with Crippen LogP contribution in [0.1, 0.15) is 5.69 Å². The molecule has 0 amide bonds. The second kappa shape index (κ2) is 3.86. The fraction of sp³-hybridized carbons (Fsp3) is 0. The zero-order valence-corrected chi connectivity index (χ0v) is 9.18. The number of carbonyl (C=O) groups is 1. The molecule has 0 bridgehead atoms. The molecule has 0 aliphatic rings. The Morgan fingerprint density at radius 2 is 2.33 bits per heavy atom. The third-order valence-electron chi connectivity index (χ3n) is 1.89. The van der Waals surface area contributed by atoms with Gasteiger partial charge in [0.2, 0.25) is 0 Å². The Labute approximate surface area is 94.0 Å². The molecule has 0 fully saturated rings. The molecule has 1 N–H and O–H groups in total. The maximum Gasteiger partial charge on any atom is 0.328 e. The molecule has 2 aromatic heterocycles. The van der Waals surface area contributed by atoms with Crippen LogP contribution in [-0.2, 0) is 4.79 Å². The molecule has 15 heavy (non-hydrogen) atoms. The van der Waals surface area contributed by atoms with Gasteiger partial charge in [-0.05, 0) is 34.1 Å². The van der Waals surface area contributed by atoms with Gasteiger partial charge in [-0.1, -0.05) is 0 Å². The summed E-state index contributed by atoms with van der Waals surface area (Å²) in [6.07, 6.45) is 6.06. The van der Waals surface area contributed by atoms with Crippen LogP contribution >= 0.6 is 15.9 Å². The predicted molar refractivity (Wildman–Crippen MR) is 59.6 cm³/mol. The second-order valence-corrected chi connectivity index (χ2v) is 3.85. The number of carboxylic acids is 1. The molecule has 2 heterocycles. The molecule has 0 spiro atoms. The molecule has 0 saturated carbocycles. The van der Waals surface area contributed by atoms with Gasteiger partial charge in [0, 0.05) is 16.7 Å². The normalized spacial score (nSPS) is 11.3. The Hall–Kier alpha value is -1.62. The van der Waals surface area contributed by atoms with Crippen LogP contribution in [0.3, 0.4) is 0 Å². The molecule has 0 unspecified atom stereocenters. The number of hydrogen-bond donors (Lipinski definition) is 1. The van der Waals surface area contributed by atoms with Gasteiger partial charge >= 0.3 is 5.97 Å². The first-order valence-electron chi connectivity index (χ1n) is 4.20. The minimum Gasteiger partial charge on any atom is -0.478 e. The van der Waals surface area contributed by atoms with Gasteiger partial charge in [0.1, 0.15) is 5.65 Å². The molecule has 4 nitrogen and oxygen atoms in total. The topological polar surface area (TPSA) is 54.6 Å². The zero-order valence-electron chi connectivity index (χ0n) is 7.59. The van der Waals surface area contributed by atoms with Crippen molar-refractivity contribution in [2.75, 3.05) is 0 Å². The summed E-state index contributed by atoms with van der Waals surface area (Å²) >= 11 is 3.34. The van der Waals surface area contributed by atoms with Gasteiger partial charge in [-0.25, -0.2) is 9.78 Å². The first-order valence-corrected chi connectivity index (χ1v) is 5.00. The van der Waals surface area contributed by atoms with E-state index >= 15 is 0 Å². The Bertz CT molecular complexity index is 545. The number of nitrogens with zero attached hydrogens (tertiary/aromatic N) is 2. The summed E-state index contributed by atoms with van der Waals surface area (Å²) in [5.41, 5.74) is 1.51. The first-order chi connectivity index (χ1) is 7.16. The van der Waals surface area contributed by atoms with E-state index in [1.165, 1.54) is 6.08 Å². The van der Waals surface area contributed by atoms with Gasteiger partial charge in [0.25, 0.3) is 0 Å². The van der Waals surface area contributed by atoms with E-state index in [2.05, 4.69) is 20.9 Å². The monoisotopic (exact) mass is 266 g/mol. The summed E-state index contributed by atoms with van der Waals surface area (Å²) in [6, 6.07) is 3.73. The van der Waals surface area contributed by atoms with Crippen LogP contribution in [0.2, 0.25) is 0 Å². The zero-order chi connectivity index (χ0) is 10.8. The molecular formula is C10H7BrN2O2. The summed E-state index contributed by atoms with van der Waals surface area (Å²) in [6.45, 7) is 0. The molecule has 0 aliphatic carbocycles. The van der Waals surface area contributed by atoms with Crippen LogP contribution in [0.25, 0.3) is 11.7 Å². The molecule has 2 rings (SSSR count). The van der Waals surface area contributed by atoms with E-state index in [1.54, 1.807) is 6.20 Å². The molecule has 76 valence electrons. The summed E-state index contributed by atoms with van der Waals surface area (Å²) < 4.78 is 2.72. The number of hydrogen-bond acceptors (Lipinski definition) is 2. The minimum atomic E-state index is -0.972. The highest BCUT2D eigenvalue weighted by atomic mass is 79.9. The quantitative estimate of drug-likeness (QED) is 0.848. The molecule has 0 aromatic carbocycles. The number of rotatable bonds is 2. The summed E-state index contributed by atoms with van der Waals surface area (Å²) in [4.78, 5) is 14.5. The van der Waals surface area contributed by atoms with Gasteiger partial charge in [0.15, 0.2) is 0 Å². The number of carboxylic acid groups (broad SMARTS) is 1. The molecule has 0 aliphatic heterocycles. The first kappa shape index (κ1) is 9.92. The van der Waals surface area contributed by atoms with Crippen molar-refractivity contribution in [1.29, 1.82) is 0 Å². The van der Waals surface area contributed by atoms with Crippen molar-refractivity contribution in [1.82, 2.24) is 9.38 Å². The maximum absolute atomic E-state index is 10.4. The largest absolute Gasteiger partial charge is 0.478 e. The molecule has 0 radical (unpaired) electrons. The SMILES string of the molecule is O=C(O)C=Cc1cnc2ccc(Br)cn12. The third-order valence-corrected chi connectivity index (χ3v) is 2.36. The maximum atomic E-state index is 10.4. The Morgan fingerprint density at radius 3 is 3.07 bits per heavy atom. The van der Waals surface area contributed by atoms with Crippen molar-refractivity contribution in [3.8, 4) is 0 Å². The number of halogens is 1. The number of imidazole rings is 1. The van der Waals surface area contributed by atoms with Gasteiger partial charge in [0.05, 0.1) is 11.9 Å². The predicted octanol–water partition coefficient (Wildman–Crippen LogP) is 2.19. The van der Waals surface area contributed by atoms with Crippen molar-refractivity contribution >= 4 is 33.6 Å². The van der Waals surface area contributed by atoms with Crippen molar-refractivity contribution in [3.63, 3.8) is 0 Å². The third kappa shape index (κ3) is 2.07. The Kier molecular flexibility index (Phi) is 2.55. The summed E-state index contributed by atoms with van der Waals surface area (Å²) in [7, 11) is 0. The van der Waals surface area contributed by atoms with Crippen molar-refractivity contribution in [2.45, 2.75) is 0 Å². The average Bonchev–Trinajstić information content (AvgIpc) is 2.57. The molecule has 2 aromatic rings. The number of aliphatic carboxylic acids is 1. The van der Waals surface area contributed by atoms with Crippen LogP contribution in [0, 0.1) is 0 Å². The number of fused-ring (bicyclic) bond motifs is 1. The fourth-order valence-corrected chi connectivity index (χ4v) is 1.59. The smallest absolute Gasteiger partial charge is 0.328 e. The summed E-state index contributed by atoms with van der Waals surface area (Å²) in [5.74, 6) is -0.972. The van der Waals surface area contributed by atoms with E-state index in [0.717, 1.165) is 21.9 Å².